The van der Waals surface area contributed by atoms with E-state index >= 15 is 0 Å². The Kier molecular flexibility index (Phi) is 8.79. The van der Waals surface area contributed by atoms with Gasteiger partial charge in [-0.15, -0.1) is 0 Å². The van der Waals surface area contributed by atoms with Gasteiger partial charge in [-0.3, -0.25) is 4.90 Å². The Bertz CT molecular complexity index is 234. The minimum Gasteiger partial charge on any atom is -0.387 e. The third kappa shape index (κ3) is 6.58. The molecule has 1 fully saturated rings. The fourth-order valence-electron chi connectivity index (χ4n) is 3.07. The highest BCUT2D eigenvalue weighted by Gasteiger charge is 2.42. The molecule has 0 aromatic carbocycles. The minimum atomic E-state index is -0.390. The fourth-order valence-corrected chi connectivity index (χ4v) is 3.07. The van der Waals surface area contributed by atoms with Gasteiger partial charge in [0.2, 0.25) is 0 Å². The molecular formula is C18H37NO. The number of likely N-dealkylation sites (tertiary alicyclic amines) is 1. The number of nitrogens with zero attached hydrogens (tertiary/aromatic N) is 1. The first-order valence-corrected chi connectivity index (χ1v) is 9.03. The average Bonchev–Trinajstić information content (AvgIpc) is 2.38. The van der Waals surface area contributed by atoms with E-state index in [-0.39, 0.29) is 0 Å². The maximum Gasteiger partial charge on any atom is 0.0922 e. The van der Waals surface area contributed by atoms with Gasteiger partial charge >= 0.3 is 0 Å². The van der Waals surface area contributed by atoms with Crippen LogP contribution in [0.5, 0.6) is 0 Å². The molecule has 1 aliphatic heterocycles. The van der Waals surface area contributed by atoms with Gasteiger partial charge in [0.25, 0.3) is 0 Å². The molecule has 0 spiro atoms. The van der Waals surface area contributed by atoms with E-state index in [0.29, 0.717) is 5.92 Å². The molecular weight excluding hydrogens is 246 g/mol. The molecule has 1 heterocycles. The van der Waals surface area contributed by atoms with Crippen molar-refractivity contribution >= 4 is 0 Å². The highest BCUT2D eigenvalue weighted by Crippen LogP contribution is 2.28. The van der Waals surface area contributed by atoms with Gasteiger partial charge in [0.05, 0.1) is 5.60 Å². The van der Waals surface area contributed by atoms with E-state index in [1.807, 2.05) is 0 Å². The SMILES string of the molecule is CCCCCCCCCCCCN1CC(O)(C(C)C)C1. The summed E-state index contributed by atoms with van der Waals surface area (Å²) in [6, 6.07) is 0. The number of rotatable bonds is 12. The molecule has 2 nitrogen and oxygen atoms in total. The molecule has 0 aromatic heterocycles. The van der Waals surface area contributed by atoms with Gasteiger partial charge in [-0.05, 0) is 18.9 Å². The van der Waals surface area contributed by atoms with Crippen LogP contribution in [0.2, 0.25) is 0 Å². The van der Waals surface area contributed by atoms with Crippen molar-refractivity contribution < 1.29 is 5.11 Å². The summed E-state index contributed by atoms with van der Waals surface area (Å²) in [4.78, 5) is 2.41. The molecule has 0 unspecified atom stereocenters. The van der Waals surface area contributed by atoms with E-state index in [1.54, 1.807) is 0 Å². The number of aliphatic hydroxyl groups is 1. The van der Waals surface area contributed by atoms with E-state index in [4.69, 9.17) is 0 Å². The van der Waals surface area contributed by atoms with Crippen molar-refractivity contribution in [2.45, 2.75) is 90.6 Å². The summed E-state index contributed by atoms with van der Waals surface area (Å²) in [5.41, 5.74) is -0.390. The summed E-state index contributed by atoms with van der Waals surface area (Å²) in [6.07, 6.45) is 14.0. The fraction of sp³-hybridized carbons (Fsp3) is 1.00. The van der Waals surface area contributed by atoms with E-state index in [0.717, 1.165) is 13.1 Å². The smallest absolute Gasteiger partial charge is 0.0922 e. The molecule has 120 valence electrons. The van der Waals surface area contributed by atoms with Gasteiger partial charge in [-0.25, -0.2) is 0 Å². The van der Waals surface area contributed by atoms with E-state index in [1.165, 1.54) is 70.8 Å². The average molecular weight is 284 g/mol. The first-order chi connectivity index (χ1) is 9.58. The van der Waals surface area contributed by atoms with Crippen molar-refractivity contribution in [2.75, 3.05) is 19.6 Å². The summed E-state index contributed by atoms with van der Waals surface area (Å²) < 4.78 is 0. The molecule has 0 aliphatic carbocycles. The topological polar surface area (TPSA) is 23.5 Å². The lowest BCUT2D eigenvalue weighted by atomic mass is 9.83. The summed E-state index contributed by atoms with van der Waals surface area (Å²) >= 11 is 0. The van der Waals surface area contributed by atoms with Gasteiger partial charge in [0.15, 0.2) is 0 Å². The lowest BCUT2D eigenvalue weighted by Gasteiger charge is -2.49. The summed E-state index contributed by atoms with van der Waals surface area (Å²) in [5, 5.41) is 10.2. The Hall–Kier alpha value is -0.0800. The normalized spacial score (nSPS) is 18.4. The Morgan fingerprint density at radius 2 is 1.30 bits per heavy atom. The van der Waals surface area contributed by atoms with Crippen LogP contribution >= 0.6 is 0 Å². The predicted octanol–water partition coefficient (Wildman–Crippen LogP) is 4.61. The second-order valence-electron chi connectivity index (χ2n) is 7.15. The van der Waals surface area contributed by atoms with Crippen molar-refractivity contribution in [1.29, 1.82) is 0 Å². The highest BCUT2D eigenvalue weighted by molar-refractivity contribution is 4.97. The maximum atomic E-state index is 10.2. The predicted molar refractivity (Wildman–Crippen MR) is 88.1 cm³/mol. The largest absolute Gasteiger partial charge is 0.387 e. The molecule has 0 aromatic rings. The van der Waals surface area contributed by atoms with Crippen LogP contribution < -0.4 is 0 Å². The first-order valence-electron chi connectivity index (χ1n) is 9.03. The third-order valence-corrected chi connectivity index (χ3v) is 4.90. The second-order valence-corrected chi connectivity index (χ2v) is 7.15. The van der Waals surface area contributed by atoms with Gasteiger partial charge in [0.1, 0.15) is 0 Å². The van der Waals surface area contributed by atoms with Crippen LogP contribution in [-0.2, 0) is 0 Å². The Balaban J connectivity index is 1.80. The standard InChI is InChI=1S/C18H37NO/c1-4-5-6-7-8-9-10-11-12-13-14-19-15-18(20,16-19)17(2)3/h17,20H,4-16H2,1-3H3. The lowest BCUT2D eigenvalue weighted by molar-refractivity contribution is -0.127. The minimum absolute atomic E-state index is 0.390. The van der Waals surface area contributed by atoms with Gasteiger partial charge in [0, 0.05) is 13.1 Å². The molecule has 0 atom stereocenters. The number of hydrogen-bond acceptors (Lipinski definition) is 2. The summed E-state index contributed by atoms with van der Waals surface area (Å²) in [7, 11) is 0. The van der Waals surface area contributed by atoms with Crippen molar-refractivity contribution in [3.05, 3.63) is 0 Å². The van der Waals surface area contributed by atoms with Crippen molar-refractivity contribution in [2.24, 2.45) is 5.92 Å². The van der Waals surface area contributed by atoms with Crippen LogP contribution in [0.4, 0.5) is 0 Å². The number of hydrogen-bond donors (Lipinski definition) is 1. The first kappa shape index (κ1) is 18.0. The van der Waals surface area contributed by atoms with Crippen LogP contribution in [0.15, 0.2) is 0 Å². The van der Waals surface area contributed by atoms with E-state index in [2.05, 4.69) is 25.7 Å². The van der Waals surface area contributed by atoms with Crippen molar-refractivity contribution in [3.63, 3.8) is 0 Å². The van der Waals surface area contributed by atoms with Crippen LogP contribution in [0.3, 0.4) is 0 Å². The Morgan fingerprint density at radius 1 is 0.850 bits per heavy atom. The lowest BCUT2D eigenvalue weighted by Crippen LogP contribution is -2.64. The van der Waals surface area contributed by atoms with Crippen molar-refractivity contribution in [3.8, 4) is 0 Å². The van der Waals surface area contributed by atoms with Crippen LogP contribution in [0.1, 0.15) is 85.0 Å². The molecule has 1 aliphatic rings. The highest BCUT2D eigenvalue weighted by atomic mass is 16.3. The summed E-state index contributed by atoms with van der Waals surface area (Å²) in [5.74, 6) is 0.395. The van der Waals surface area contributed by atoms with Gasteiger partial charge in [-0.1, -0.05) is 78.6 Å². The third-order valence-electron chi connectivity index (χ3n) is 4.90. The van der Waals surface area contributed by atoms with Crippen LogP contribution in [-0.4, -0.2) is 35.2 Å². The molecule has 1 N–H and O–H groups in total. The molecule has 20 heavy (non-hydrogen) atoms. The zero-order valence-electron chi connectivity index (χ0n) is 14.2. The molecule has 0 bridgehead atoms. The second kappa shape index (κ2) is 9.78. The molecule has 1 rings (SSSR count). The maximum absolute atomic E-state index is 10.2. The Labute approximate surface area is 126 Å². The van der Waals surface area contributed by atoms with Crippen LogP contribution in [0.25, 0.3) is 0 Å². The summed E-state index contributed by atoms with van der Waals surface area (Å²) in [6.45, 7) is 9.49. The van der Waals surface area contributed by atoms with E-state index in [9.17, 15) is 5.11 Å². The molecule has 0 saturated carbocycles. The molecule has 0 radical (unpaired) electrons. The van der Waals surface area contributed by atoms with Crippen LogP contribution in [0, 0.1) is 5.92 Å². The quantitative estimate of drug-likeness (QED) is 0.529. The molecule has 2 heteroatoms. The monoisotopic (exact) mass is 283 g/mol. The van der Waals surface area contributed by atoms with Crippen molar-refractivity contribution in [1.82, 2.24) is 4.90 Å². The zero-order chi connectivity index (χ0) is 14.8. The zero-order valence-corrected chi connectivity index (χ0v) is 14.2. The molecule has 1 saturated heterocycles. The Morgan fingerprint density at radius 3 is 1.75 bits per heavy atom. The van der Waals surface area contributed by atoms with Gasteiger partial charge in [-0.2, -0.15) is 0 Å². The number of β-amino-alcohol motifs (C(OH)–C–C–N with tert-alkyl or cyclic N) is 1. The molecule has 0 amide bonds. The van der Waals surface area contributed by atoms with Gasteiger partial charge < -0.3 is 5.11 Å². The number of unbranched alkanes of at least 4 members (excludes halogenated alkanes) is 9. The van der Waals surface area contributed by atoms with E-state index < -0.39 is 5.60 Å².